The summed E-state index contributed by atoms with van der Waals surface area (Å²) in [5, 5.41) is 7.25. The van der Waals surface area contributed by atoms with Crippen LogP contribution in [0.1, 0.15) is 19.7 Å². The monoisotopic (exact) mass is 249 g/mol. The van der Waals surface area contributed by atoms with Crippen LogP contribution in [0.2, 0.25) is 0 Å². The standard InChI is InChI=1S/C12H19N5O/c1-8(2)9(13-3)5-11-15-12(16-18-11)10-6-14-7-17(10)4/h6-9,13H,5H2,1-4H3. The molecule has 0 amide bonds. The van der Waals surface area contributed by atoms with E-state index < -0.39 is 0 Å². The zero-order chi connectivity index (χ0) is 13.1. The topological polar surface area (TPSA) is 68.8 Å². The summed E-state index contributed by atoms with van der Waals surface area (Å²) >= 11 is 0. The van der Waals surface area contributed by atoms with Crippen molar-refractivity contribution in [3.63, 3.8) is 0 Å². The number of imidazole rings is 1. The van der Waals surface area contributed by atoms with Gasteiger partial charge in [0.15, 0.2) is 0 Å². The Morgan fingerprint density at radius 2 is 2.22 bits per heavy atom. The first-order valence-corrected chi connectivity index (χ1v) is 6.08. The van der Waals surface area contributed by atoms with Crippen molar-refractivity contribution >= 4 is 0 Å². The van der Waals surface area contributed by atoms with Crippen LogP contribution in [0.15, 0.2) is 17.0 Å². The molecule has 0 aliphatic rings. The fourth-order valence-corrected chi connectivity index (χ4v) is 1.87. The average Bonchev–Trinajstić information content (AvgIpc) is 2.94. The molecule has 2 aromatic rings. The number of nitrogens with one attached hydrogen (secondary N) is 1. The minimum absolute atomic E-state index is 0.338. The van der Waals surface area contributed by atoms with E-state index in [4.69, 9.17) is 4.52 Å². The van der Waals surface area contributed by atoms with Crippen LogP contribution in [0.25, 0.3) is 11.5 Å². The highest BCUT2D eigenvalue weighted by atomic mass is 16.5. The lowest BCUT2D eigenvalue weighted by Crippen LogP contribution is -2.32. The molecule has 0 spiro atoms. The van der Waals surface area contributed by atoms with Crippen molar-refractivity contribution in [2.45, 2.75) is 26.3 Å². The molecule has 1 N–H and O–H groups in total. The van der Waals surface area contributed by atoms with Gasteiger partial charge in [-0.1, -0.05) is 19.0 Å². The number of likely N-dealkylation sites (N-methyl/N-ethyl adjacent to an activating group) is 1. The molecule has 6 heteroatoms. The average molecular weight is 249 g/mol. The lowest BCUT2D eigenvalue weighted by atomic mass is 10.0. The van der Waals surface area contributed by atoms with E-state index >= 15 is 0 Å². The van der Waals surface area contributed by atoms with Gasteiger partial charge in [-0.15, -0.1) is 0 Å². The number of hydrogen-bond donors (Lipinski definition) is 1. The minimum Gasteiger partial charge on any atom is -0.339 e. The minimum atomic E-state index is 0.338. The van der Waals surface area contributed by atoms with Gasteiger partial charge in [0, 0.05) is 19.5 Å². The summed E-state index contributed by atoms with van der Waals surface area (Å²) in [7, 11) is 3.85. The van der Waals surface area contributed by atoms with E-state index in [1.807, 2.05) is 18.7 Å². The summed E-state index contributed by atoms with van der Waals surface area (Å²) in [5.41, 5.74) is 0.857. The maximum absolute atomic E-state index is 5.28. The van der Waals surface area contributed by atoms with E-state index in [0.717, 1.165) is 12.1 Å². The summed E-state index contributed by atoms with van der Waals surface area (Å²) < 4.78 is 7.15. The molecule has 0 bridgehead atoms. The van der Waals surface area contributed by atoms with Gasteiger partial charge in [0.1, 0.15) is 5.69 Å². The molecule has 0 saturated heterocycles. The molecule has 1 unspecified atom stereocenters. The predicted octanol–water partition coefficient (Wildman–Crippen LogP) is 1.26. The van der Waals surface area contributed by atoms with Gasteiger partial charge in [0.05, 0.1) is 12.5 Å². The Hall–Kier alpha value is -1.69. The zero-order valence-electron chi connectivity index (χ0n) is 11.2. The van der Waals surface area contributed by atoms with Gasteiger partial charge in [-0.25, -0.2) is 4.98 Å². The Bertz CT molecular complexity index is 502. The maximum atomic E-state index is 5.28. The third-order valence-electron chi connectivity index (χ3n) is 3.08. The van der Waals surface area contributed by atoms with Crippen molar-refractivity contribution < 1.29 is 4.52 Å². The smallest absolute Gasteiger partial charge is 0.228 e. The fraction of sp³-hybridized carbons (Fsp3) is 0.583. The summed E-state index contributed by atoms with van der Waals surface area (Å²) in [5.74, 6) is 1.75. The molecule has 2 heterocycles. The predicted molar refractivity (Wildman–Crippen MR) is 67.9 cm³/mol. The van der Waals surface area contributed by atoms with Crippen LogP contribution in [0.3, 0.4) is 0 Å². The zero-order valence-corrected chi connectivity index (χ0v) is 11.2. The maximum Gasteiger partial charge on any atom is 0.228 e. The van der Waals surface area contributed by atoms with Gasteiger partial charge in [-0.2, -0.15) is 4.98 Å². The Morgan fingerprint density at radius 1 is 1.44 bits per heavy atom. The van der Waals surface area contributed by atoms with Crippen LogP contribution in [-0.2, 0) is 13.5 Å². The number of hydrogen-bond acceptors (Lipinski definition) is 5. The molecule has 18 heavy (non-hydrogen) atoms. The van der Waals surface area contributed by atoms with Gasteiger partial charge in [0.25, 0.3) is 0 Å². The van der Waals surface area contributed by atoms with Crippen LogP contribution in [0, 0.1) is 5.92 Å². The van der Waals surface area contributed by atoms with Crippen LogP contribution in [0.5, 0.6) is 0 Å². The third-order valence-corrected chi connectivity index (χ3v) is 3.08. The van der Waals surface area contributed by atoms with Crippen LogP contribution in [0.4, 0.5) is 0 Å². The van der Waals surface area contributed by atoms with Crippen LogP contribution < -0.4 is 5.32 Å². The molecular weight excluding hydrogens is 230 g/mol. The molecule has 0 saturated carbocycles. The number of aryl methyl sites for hydroxylation is 1. The van der Waals surface area contributed by atoms with Crippen molar-refractivity contribution in [3.8, 4) is 11.5 Å². The molecule has 6 nitrogen and oxygen atoms in total. The van der Waals surface area contributed by atoms with Gasteiger partial charge in [-0.3, -0.25) is 0 Å². The first-order chi connectivity index (χ1) is 8.61. The van der Waals surface area contributed by atoms with Crippen molar-refractivity contribution in [2.75, 3.05) is 7.05 Å². The summed E-state index contributed by atoms with van der Waals surface area (Å²) in [6.07, 6.45) is 4.18. The highest BCUT2D eigenvalue weighted by Gasteiger charge is 2.17. The quantitative estimate of drug-likeness (QED) is 0.864. The SMILES string of the molecule is CNC(Cc1nc(-c2cncn2C)no1)C(C)C. The van der Waals surface area contributed by atoms with Crippen molar-refractivity contribution in [1.29, 1.82) is 0 Å². The lowest BCUT2D eigenvalue weighted by Gasteiger charge is -2.17. The third kappa shape index (κ3) is 2.59. The van der Waals surface area contributed by atoms with Crippen molar-refractivity contribution in [2.24, 2.45) is 13.0 Å². The Labute approximate surface area is 106 Å². The van der Waals surface area contributed by atoms with Crippen LogP contribution >= 0.6 is 0 Å². The van der Waals surface area contributed by atoms with E-state index in [-0.39, 0.29) is 0 Å². The molecule has 1 atom stereocenters. The van der Waals surface area contributed by atoms with E-state index in [9.17, 15) is 0 Å². The van der Waals surface area contributed by atoms with Gasteiger partial charge in [-0.05, 0) is 13.0 Å². The summed E-state index contributed by atoms with van der Waals surface area (Å²) in [6.45, 7) is 4.33. The highest BCUT2D eigenvalue weighted by molar-refractivity contribution is 5.46. The molecule has 0 aromatic carbocycles. The van der Waals surface area contributed by atoms with E-state index in [0.29, 0.717) is 23.7 Å². The normalized spacial score (nSPS) is 13.2. The molecule has 0 radical (unpaired) electrons. The van der Waals surface area contributed by atoms with Gasteiger partial charge < -0.3 is 14.4 Å². The molecule has 2 rings (SSSR count). The number of rotatable bonds is 5. The van der Waals surface area contributed by atoms with Crippen molar-refractivity contribution in [3.05, 3.63) is 18.4 Å². The lowest BCUT2D eigenvalue weighted by molar-refractivity contribution is 0.335. The van der Waals surface area contributed by atoms with Gasteiger partial charge in [0.2, 0.25) is 11.7 Å². The summed E-state index contributed by atoms with van der Waals surface area (Å²) in [6, 6.07) is 0.338. The Kier molecular flexibility index (Phi) is 3.76. The van der Waals surface area contributed by atoms with E-state index in [2.05, 4.69) is 34.3 Å². The fourth-order valence-electron chi connectivity index (χ4n) is 1.87. The van der Waals surface area contributed by atoms with Crippen molar-refractivity contribution in [1.82, 2.24) is 25.0 Å². The first kappa shape index (κ1) is 12.8. The van der Waals surface area contributed by atoms with E-state index in [1.165, 1.54) is 0 Å². The van der Waals surface area contributed by atoms with Crippen LogP contribution in [-0.4, -0.2) is 32.8 Å². The second-order valence-corrected chi connectivity index (χ2v) is 4.74. The second-order valence-electron chi connectivity index (χ2n) is 4.74. The Balaban J connectivity index is 2.14. The molecule has 2 aromatic heterocycles. The number of nitrogens with zero attached hydrogens (tertiary/aromatic N) is 4. The molecule has 98 valence electrons. The second kappa shape index (κ2) is 5.30. The van der Waals surface area contributed by atoms with Gasteiger partial charge >= 0.3 is 0 Å². The molecule has 0 aliphatic carbocycles. The van der Waals surface area contributed by atoms with E-state index in [1.54, 1.807) is 12.5 Å². The highest BCUT2D eigenvalue weighted by Crippen LogP contribution is 2.15. The first-order valence-electron chi connectivity index (χ1n) is 6.08. The summed E-state index contributed by atoms with van der Waals surface area (Å²) in [4.78, 5) is 8.45. The molecule has 0 fully saturated rings. The molecule has 0 aliphatic heterocycles. The molecular formula is C12H19N5O. The number of aromatic nitrogens is 4. The largest absolute Gasteiger partial charge is 0.339 e. The Morgan fingerprint density at radius 3 is 2.78 bits per heavy atom.